The van der Waals surface area contributed by atoms with Crippen molar-refractivity contribution in [1.82, 2.24) is 9.97 Å². The van der Waals surface area contributed by atoms with Gasteiger partial charge in [0, 0.05) is 12.4 Å². The number of hydrogen-bond donors (Lipinski definition) is 3. The Morgan fingerprint density at radius 3 is 2.71 bits per heavy atom. The third-order valence-corrected chi connectivity index (χ3v) is 2.15. The topological polar surface area (TPSA) is 101 Å². The minimum absolute atomic E-state index is 0.171. The molecule has 0 unspecified atom stereocenters. The highest BCUT2D eigenvalue weighted by molar-refractivity contribution is 6.07. The smallest absolute Gasteiger partial charge is 0.291 e. The van der Waals surface area contributed by atoms with Crippen LogP contribution in [0.25, 0.3) is 0 Å². The Bertz CT molecular complexity index is 548. The maximum Gasteiger partial charge on any atom is 0.291 e. The first kappa shape index (κ1) is 10.9. The van der Waals surface area contributed by atoms with Crippen molar-refractivity contribution in [1.29, 1.82) is 0 Å². The van der Waals surface area contributed by atoms with Gasteiger partial charge in [0.15, 0.2) is 5.82 Å². The van der Waals surface area contributed by atoms with E-state index in [0.717, 1.165) is 0 Å². The standard InChI is InChI=1S/C11H10N4O2/c12-9(16)7-3-1-2-4-8(7)15-11(17)10-13-5-6-14-10/h1-6H,(H2,12,16)(H,13,14)(H,15,17). The van der Waals surface area contributed by atoms with E-state index in [2.05, 4.69) is 15.3 Å². The largest absolute Gasteiger partial charge is 0.366 e. The lowest BCUT2D eigenvalue weighted by molar-refractivity contribution is 0.100. The third-order valence-electron chi connectivity index (χ3n) is 2.15. The molecular formula is C11H10N4O2. The van der Waals surface area contributed by atoms with E-state index in [0.29, 0.717) is 5.69 Å². The maximum atomic E-state index is 11.7. The highest BCUT2D eigenvalue weighted by Gasteiger charge is 2.12. The van der Waals surface area contributed by atoms with Gasteiger partial charge >= 0.3 is 0 Å². The molecule has 0 aliphatic rings. The Balaban J connectivity index is 2.25. The van der Waals surface area contributed by atoms with Crippen LogP contribution in [0.5, 0.6) is 0 Å². The Morgan fingerprint density at radius 1 is 1.29 bits per heavy atom. The van der Waals surface area contributed by atoms with Crippen LogP contribution in [-0.4, -0.2) is 21.8 Å². The number of nitrogens with two attached hydrogens (primary N) is 1. The zero-order valence-corrected chi connectivity index (χ0v) is 8.81. The average molecular weight is 230 g/mol. The van der Waals surface area contributed by atoms with Gasteiger partial charge < -0.3 is 16.0 Å². The van der Waals surface area contributed by atoms with Gasteiger partial charge in [0.1, 0.15) is 0 Å². The van der Waals surface area contributed by atoms with Crippen molar-refractivity contribution in [3.63, 3.8) is 0 Å². The van der Waals surface area contributed by atoms with Gasteiger partial charge in [-0.05, 0) is 12.1 Å². The van der Waals surface area contributed by atoms with Crippen molar-refractivity contribution in [2.45, 2.75) is 0 Å². The SMILES string of the molecule is NC(=O)c1ccccc1NC(=O)c1ncc[nH]1. The van der Waals surface area contributed by atoms with Crippen molar-refractivity contribution in [2.24, 2.45) is 5.73 Å². The highest BCUT2D eigenvalue weighted by Crippen LogP contribution is 2.14. The van der Waals surface area contributed by atoms with E-state index in [-0.39, 0.29) is 11.4 Å². The fourth-order valence-corrected chi connectivity index (χ4v) is 1.38. The van der Waals surface area contributed by atoms with E-state index in [1.54, 1.807) is 24.3 Å². The molecule has 0 saturated carbocycles. The molecule has 0 spiro atoms. The number of H-pyrrole nitrogens is 1. The van der Waals surface area contributed by atoms with Crippen LogP contribution < -0.4 is 11.1 Å². The summed E-state index contributed by atoms with van der Waals surface area (Å²) < 4.78 is 0. The molecule has 86 valence electrons. The number of benzene rings is 1. The molecule has 0 aliphatic heterocycles. The van der Waals surface area contributed by atoms with E-state index in [1.807, 2.05) is 0 Å². The number of nitrogens with one attached hydrogen (secondary N) is 2. The number of aromatic nitrogens is 2. The summed E-state index contributed by atoms with van der Waals surface area (Å²) in [5.41, 5.74) is 5.81. The number of carbonyl (C=O) groups excluding carboxylic acids is 2. The molecule has 0 atom stereocenters. The van der Waals surface area contributed by atoms with E-state index in [9.17, 15) is 9.59 Å². The van der Waals surface area contributed by atoms with Crippen molar-refractivity contribution in [3.05, 3.63) is 48.0 Å². The number of aromatic amines is 1. The summed E-state index contributed by atoms with van der Waals surface area (Å²) in [5, 5.41) is 2.56. The number of rotatable bonds is 3. The van der Waals surface area contributed by atoms with E-state index in [1.165, 1.54) is 12.4 Å². The van der Waals surface area contributed by atoms with Crippen LogP contribution in [0.2, 0.25) is 0 Å². The summed E-state index contributed by atoms with van der Waals surface area (Å²) in [7, 11) is 0. The highest BCUT2D eigenvalue weighted by atomic mass is 16.2. The average Bonchev–Trinajstić information content (AvgIpc) is 2.83. The first-order valence-electron chi connectivity index (χ1n) is 4.88. The molecule has 0 radical (unpaired) electrons. The molecule has 2 amide bonds. The molecule has 2 rings (SSSR count). The zero-order valence-electron chi connectivity index (χ0n) is 8.81. The van der Waals surface area contributed by atoms with Crippen LogP contribution in [0.3, 0.4) is 0 Å². The number of nitrogens with zero attached hydrogens (tertiary/aromatic N) is 1. The van der Waals surface area contributed by atoms with E-state index >= 15 is 0 Å². The second-order valence-corrected chi connectivity index (χ2v) is 3.30. The van der Waals surface area contributed by atoms with Crippen LogP contribution in [0, 0.1) is 0 Å². The van der Waals surface area contributed by atoms with Crippen molar-refractivity contribution in [3.8, 4) is 0 Å². The molecule has 1 aromatic heterocycles. The summed E-state index contributed by atoms with van der Waals surface area (Å²) in [4.78, 5) is 29.3. The summed E-state index contributed by atoms with van der Waals surface area (Å²) in [6.07, 6.45) is 3.00. The van der Waals surface area contributed by atoms with Crippen molar-refractivity contribution >= 4 is 17.5 Å². The number of hydrogen-bond acceptors (Lipinski definition) is 3. The van der Waals surface area contributed by atoms with Gasteiger partial charge in [-0.2, -0.15) is 0 Å². The first-order chi connectivity index (χ1) is 8.18. The van der Waals surface area contributed by atoms with Crippen LogP contribution in [0.4, 0.5) is 5.69 Å². The predicted molar refractivity (Wildman–Crippen MR) is 61.5 cm³/mol. The summed E-state index contributed by atoms with van der Waals surface area (Å²) >= 11 is 0. The fourth-order valence-electron chi connectivity index (χ4n) is 1.38. The summed E-state index contributed by atoms with van der Waals surface area (Å²) in [6.45, 7) is 0. The first-order valence-corrected chi connectivity index (χ1v) is 4.88. The number of anilines is 1. The second-order valence-electron chi connectivity index (χ2n) is 3.30. The van der Waals surface area contributed by atoms with Crippen molar-refractivity contribution in [2.75, 3.05) is 5.32 Å². The number of primary amides is 1. The van der Waals surface area contributed by atoms with Gasteiger partial charge in [0.05, 0.1) is 11.3 Å². The Hall–Kier alpha value is -2.63. The second kappa shape index (κ2) is 4.48. The zero-order chi connectivity index (χ0) is 12.3. The quantitative estimate of drug-likeness (QED) is 0.725. The number of para-hydroxylation sites is 1. The third kappa shape index (κ3) is 2.31. The van der Waals surface area contributed by atoms with Gasteiger partial charge in [-0.3, -0.25) is 9.59 Å². The predicted octanol–water partition coefficient (Wildman–Crippen LogP) is 0.761. The van der Waals surface area contributed by atoms with Crippen LogP contribution in [0.1, 0.15) is 21.0 Å². The van der Waals surface area contributed by atoms with Gasteiger partial charge in [-0.25, -0.2) is 4.98 Å². The molecule has 0 bridgehead atoms. The molecule has 1 aromatic carbocycles. The molecule has 4 N–H and O–H groups in total. The van der Waals surface area contributed by atoms with E-state index < -0.39 is 11.8 Å². The summed E-state index contributed by atoms with van der Waals surface area (Å²) in [6, 6.07) is 6.51. The van der Waals surface area contributed by atoms with Gasteiger partial charge in [0.25, 0.3) is 11.8 Å². The van der Waals surface area contributed by atoms with Gasteiger partial charge in [-0.15, -0.1) is 0 Å². The summed E-state index contributed by atoms with van der Waals surface area (Å²) in [5.74, 6) is -0.853. The molecular weight excluding hydrogens is 220 g/mol. The molecule has 17 heavy (non-hydrogen) atoms. The number of carbonyl (C=O) groups is 2. The van der Waals surface area contributed by atoms with Crippen LogP contribution in [0.15, 0.2) is 36.7 Å². The van der Waals surface area contributed by atoms with Gasteiger partial charge in [-0.1, -0.05) is 12.1 Å². The Kier molecular flexibility index (Phi) is 2.87. The molecule has 2 aromatic rings. The molecule has 1 heterocycles. The Labute approximate surface area is 96.9 Å². The molecule has 6 heteroatoms. The van der Waals surface area contributed by atoms with Crippen LogP contribution in [-0.2, 0) is 0 Å². The lowest BCUT2D eigenvalue weighted by atomic mass is 10.1. The molecule has 0 saturated heterocycles. The molecule has 0 fully saturated rings. The monoisotopic (exact) mass is 230 g/mol. The number of imidazole rings is 1. The Morgan fingerprint density at radius 2 is 2.06 bits per heavy atom. The molecule has 6 nitrogen and oxygen atoms in total. The van der Waals surface area contributed by atoms with Crippen molar-refractivity contribution < 1.29 is 9.59 Å². The van der Waals surface area contributed by atoms with Crippen LogP contribution >= 0.6 is 0 Å². The minimum Gasteiger partial charge on any atom is -0.366 e. The fraction of sp³-hybridized carbons (Fsp3) is 0. The number of amides is 2. The minimum atomic E-state index is -0.597. The van der Waals surface area contributed by atoms with E-state index in [4.69, 9.17) is 5.73 Å². The lowest BCUT2D eigenvalue weighted by Crippen LogP contribution is -2.18. The van der Waals surface area contributed by atoms with Gasteiger partial charge in [0.2, 0.25) is 0 Å². The maximum absolute atomic E-state index is 11.7. The molecule has 0 aliphatic carbocycles. The normalized spacial score (nSPS) is 9.88. The lowest BCUT2D eigenvalue weighted by Gasteiger charge is -2.06.